The van der Waals surface area contributed by atoms with E-state index in [1.807, 2.05) is 0 Å². The van der Waals surface area contributed by atoms with Gasteiger partial charge in [-0.2, -0.15) is 0 Å². The van der Waals surface area contributed by atoms with Crippen LogP contribution in [0.3, 0.4) is 0 Å². The van der Waals surface area contributed by atoms with Gasteiger partial charge in [-0.05, 0) is 96.5 Å². The molecule has 202 valence electrons. The van der Waals surface area contributed by atoms with Gasteiger partial charge in [-0.15, -0.1) is 0 Å². The largest absolute Gasteiger partial charge is 0.0654 e. The Bertz CT molecular complexity index is 1150. The quantitative estimate of drug-likeness (QED) is 0.160. The molecular formula is C38H50. The fourth-order valence-corrected chi connectivity index (χ4v) is 6.27. The van der Waals surface area contributed by atoms with E-state index in [2.05, 4.69) is 86.4 Å². The van der Waals surface area contributed by atoms with E-state index in [1.165, 1.54) is 125 Å². The first-order valence-electron chi connectivity index (χ1n) is 15.9. The smallest absolute Gasteiger partial charge is 0.0255 e. The van der Waals surface area contributed by atoms with E-state index in [-0.39, 0.29) is 0 Å². The predicted octanol–water partition coefficient (Wildman–Crippen LogP) is 11.4. The van der Waals surface area contributed by atoms with Gasteiger partial charge in [0.1, 0.15) is 0 Å². The van der Waals surface area contributed by atoms with Crippen molar-refractivity contribution in [1.29, 1.82) is 0 Å². The van der Waals surface area contributed by atoms with Gasteiger partial charge < -0.3 is 0 Å². The summed E-state index contributed by atoms with van der Waals surface area (Å²) in [6.45, 7) is 4.58. The van der Waals surface area contributed by atoms with Crippen LogP contribution in [0.15, 0.2) is 60.7 Å². The molecular weight excluding hydrogens is 456 g/mol. The van der Waals surface area contributed by atoms with Crippen molar-refractivity contribution >= 4 is 10.8 Å². The molecule has 0 N–H and O–H groups in total. The predicted molar refractivity (Wildman–Crippen MR) is 167 cm³/mol. The summed E-state index contributed by atoms with van der Waals surface area (Å²) in [5, 5.41) is 2.62. The fourth-order valence-electron chi connectivity index (χ4n) is 6.27. The molecule has 0 aliphatic heterocycles. The Kier molecular flexibility index (Phi) is 11.8. The zero-order valence-corrected chi connectivity index (χ0v) is 24.2. The number of rotatable bonds is 13. The van der Waals surface area contributed by atoms with E-state index in [9.17, 15) is 0 Å². The topological polar surface area (TPSA) is 0 Å². The Hall–Kier alpha value is -2.52. The molecule has 0 aromatic heterocycles. The molecule has 1 aliphatic carbocycles. The van der Waals surface area contributed by atoms with E-state index >= 15 is 0 Å². The van der Waals surface area contributed by atoms with Crippen molar-refractivity contribution in [3.05, 3.63) is 82.9 Å². The van der Waals surface area contributed by atoms with Crippen molar-refractivity contribution < 1.29 is 0 Å². The van der Waals surface area contributed by atoms with E-state index in [0.29, 0.717) is 0 Å². The Labute approximate surface area is 233 Å². The van der Waals surface area contributed by atoms with Gasteiger partial charge in [0.25, 0.3) is 0 Å². The van der Waals surface area contributed by atoms with E-state index in [1.54, 1.807) is 0 Å². The van der Waals surface area contributed by atoms with Crippen LogP contribution in [0.25, 0.3) is 10.8 Å². The van der Waals surface area contributed by atoms with Crippen LogP contribution in [-0.4, -0.2) is 0 Å². The van der Waals surface area contributed by atoms with E-state index in [4.69, 9.17) is 0 Å². The van der Waals surface area contributed by atoms with Crippen LogP contribution in [0.1, 0.15) is 138 Å². The molecule has 3 aromatic carbocycles. The summed E-state index contributed by atoms with van der Waals surface area (Å²) in [6.07, 6.45) is 22.0. The SMILES string of the molecule is CCCCCCCc1ccc2cc(C#Cc3ccc([C@H]4CC[C@H](CCCCCCC)CC4)cc3)ccc2c1. The van der Waals surface area contributed by atoms with Gasteiger partial charge in [0.15, 0.2) is 0 Å². The van der Waals surface area contributed by atoms with Crippen LogP contribution in [0, 0.1) is 17.8 Å². The highest BCUT2D eigenvalue weighted by Crippen LogP contribution is 2.37. The molecule has 4 rings (SSSR count). The van der Waals surface area contributed by atoms with Crippen molar-refractivity contribution in [2.75, 3.05) is 0 Å². The van der Waals surface area contributed by atoms with Crippen LogP contribution < -0.4 is 0 Å². The third kappa shape index (κ3) is 9.05. The third-order valence-corrected chi connectivity index (χ3v) is 8.77. The number of aryl methyl sites for hydroxylation is 1. The normalized spacial score (nSPS) is 17.3. The fraction of sp³-hybridized carbons (Fsp3) is 0.526. The molecule has 0 nitrogen and oxygen atoms in total. The Balaban J connectivity index is 1.26. The molecule has 0 heteroatoms. The maximum Gasteiger partial charge on any atom is 0.0255 e. The van der Waals surface area contributed by atoms with Gasteiger partial charge in [-0.1, -0.05) is 126 Å². The number of unbranched alkanes of at least 4 members (excludes halogenated alkanes) is 8. The molecule has 0 atom stereocenters. The maximum atomic E-state index is 3.41. The minimum absolute atomic E-state index is 0.745. The van der Waals surface area contributed by atoms with Crippen LogP contribution in [0.2, 0.25) is 0 Å². The molecule has 0 radical (unpaired) electrons. The Morgan fingerprint density at radius 1 is 0.579 bits per heavy atom. The van der Waals surface area contributed by atoms with Gasteiger partial charge in [-0.3, -0.25) is 0 Å². The van der Waals surface area contributed by atoms with Crippen LogP contribution >= 0.6 is 0 Å². The number of hydrogen-bond donors (Lipinski definition) is 0. The second-order valence-electron chi connectivity index (χ2n) is 11.9. The van der Waals surface area contributed by atoms with Gasteiger partial charge >= 0.3 is 0 Å². The summed E-state index contributed by atoms with van der Waals surface area (Å²) in [4.78, 5) is 0. The average molecular weight is 507 g/mol. The zero-order chi connectivity index (χ0) is 26.4. The molecule has 0 spiro atoms. The lowest BCUT2D eigenvalue weighted by molar-refractivity contribution is 0.302. The highest BCUT2D eigenvalue weighted by molar-refractivity contribution is 5.84. The summed E-state index contributed by atoms with van der Waals surface area (Å²) in [5.41, 5.74) is 5.20. The van der Waals surface area contributed by atoms with Gasteiger partial charge in [0.05, 0.1) is 0 Å². The van der Waals surface area contributed by atoms with Gasteiger partial charge in [0.2, 0.25) is 0 Å². The number of hydrogen-bond acceptors (Lipinski definition) is 0. The average Bonchev–Trinajstić information content (AvgIpc) is 2.96. The minimum atomic E-state index is 0.745. The zero-order valence-electron chi connectivity index (χ0n) is 24.2. The summed E-state index contributed by atoms with van der Waals surface area (Å²) < 4.78 is 0. The molecule has 0 amide bonds. The highest BCUT2D eigenvalue weighted by Gasteiger charge is 2.21. The lowest BCUT2D eigenvalue weighted by atomic mass is 9.77. The van der Waals surface area contributed by atoms with Crippen LogP contribution in [0.4, 0.5) is 0 Å². The molecule has 1 aliphatic rings. The van der Waals surface area contributed by atoms with Crippen molar-refractivity contribution in [1.82, 2.24) is 0 Å². The molecule has 0 bridgehead atoms. The first-order chi connectivity index (χ1) is 18.7. The maximum absolute atomic E-state index is 3.41. The first kappa shape index (κ1) is 28.5. The van der Waals surface area contributed by atoms with E-state index < -0.39 is 0 Å². The number of benzene rings is 3. The number of fused-ring (bicyclic) bond motifs is 1. The second kappa shape index (κ2) is 15.8. The molecule has 1 saturated carbocycles. The van der Waals surface area contributed by atoms with Gasteiger partial charge in [0, 0.05) is 11.1 Å². The lowest BCUT2D eigenvalue weighted by Gasteiger charge is -2.29. The van der Waals surface area contributed by atoms with Gasteiger partial charge in [-0.25, -0.2) is 0 Å². The minimum Gasteiger partial charge on any atom is -0.0654 e. The van der Waals surface area contributed by atoms with Crippen molar-refractivity contribution in [2.45, 2.75) is 122 Å². The molecule has 0 unspecified atom stereocenters. The standard InChI is InChI=1S/C38H50/c1-3-5-7-9-11-13-31-17-23-35(24-18-31)36-25-19-32(20-26-36)15-16-34-22-28-37-29-33(21-27-38(37)30-34)14-12-10-8-6-4-2/h19-22,25-31,35H,3-14,17-18,23-24H2,1-2H3/t31-,35-. The summed E-state index contributed by atoms with van der Waals surface area (Å²) >= 11 is 0. The summed E-state index contributed by atoms with van der Waals surface area (Å²) in [7, 11) is 0. The van der Waals surface area contributed by atoms with E-state index in [0.717, 1.165) is 23.0 Å². The lowest BCUT2D eigenvalue weighted by Crippen LogP contribution is -2.13. The molecule has 3 aromatic rings. The first-order valence-corrected chi connectivity index (χ1v) is 15.9. The highest BCUT2D eigenvalue weighted by atomic mass is 14.3. The molecule has 38 heavy (non-hydrogen) atoms. The third-order valence-electron chi connectivity index (χ3n) is 8.77. The van der Waals surface area contributed by atoms with Crippen molar-refractivity contribution in [3.8, 4) is 11.8 Å². The van der Waals surface area contributed by atoms with Crippen molar-refractivity contribution in [2.24, 2.45) is 5.92 Å². The Morgan fingerprint density at radius 2 is 1.18 bits per heavy atom. The molecule has 1 fully saturated rings. The Morgan fingerprint density at radius 3 is 1.92 bits per heavy atom. The van der Waals surface area contributed by atoms with Crippen LogP contribution in [-0.2, 0) is 6.42 Å². The summed E-state index contributed by atoms with van der Waals surface area (Å²) in [6, 6.07) is 22.7. The second-order valence-corrected chi connectivity index (χ2v) is 11.9. The monoisotopic (exact) mass is 506 g/mol. The molecule has 0 heterocycles. The molecule has 0 saturated heterocycles. The summed E-state index contributed by atoms with van der Waals surface area (Å²) in [5.74, 6) is 8.53. The van der Waals surface area contributed by atoms with Crippen molar-refractivity contribution in [3.63, 3.8) is 0 Å². The van der Waals surface area contributed by atoms with Crippen LogP contribution in [0.5, 0.6) is 0 Å².